The van der Waals surface area contributed by atoms with Gasteiger partial charge in [-0.2, -0.15) is 8.61 Å². The number of carbonyl (C=O) groups is 1. The number of hydrogen-bond donors (Lipinski definition) is 1. The number of alkyl halides is 1. The molecule has 1 fully saturated rings. The lowest BCUT2D eigenvalue weighted by atomic mass is 10.2. The predicted molar refractivity (Wildman–Crippen MR) is 73.7 cm³/mol. The highest BCUT2D eigenvalue weighted by atomic mass is 35.5. The van der Waals surface area contributed by atoms with Crippen molar-refractivity contribution in [3.05, 3.63) is 0 Å². The van der Waals surface area contributed by atoms with Gasteiger partial charge in [-0.25, -0.2) is 16.8 Å². The lowest BCUT2D eigenvalue weighted by molar-refractivity contribution is -0.142. The van der Waals surface area contributed by atoms with E-state index in [1.54, 1.807) is 0 Å². The van der Waals surface area contributed by atoms with E-state index < -0.39 is 32.1 Å². The normalized spacial score (nSPS) is 22.8. The first-order valence-corrected chi connectivity index (χ1v) is 9.82. The second-order valence-corrected chi connectivity index (χ2v) is 8.85. The Labute approximate surface area is 123 Å². The maximum Gasteiger partial charge on any atom is 0.323 e. The Morgan fingerprint density at radius 1 is 1.30 bits per heavy atom. The summed E-state index contributed by atoms with van der Waals surface area (Å²) < 4.78 is 48.8. The van der Waals surface area contributed by atoms with Gasteiger partial charge in [0.25, 0.3) is 0 Å². The second-order valence-electron chi connectivity index (χ2n) is 4.44. The van der Waals surface area contributed by atoms with E-state index in [9.17, 15) is 21.6 Å². The Kier molecular flexibility index (Phi) is 5.79. The zero-order chi connectivity index (χ0) is 15.6. The molecule has 0 aromatic carbocycles. The molecule has 8 nitrogen and oxygen atoms in total. The molecule has 0 aliphatic carbocycles. The third kappa shape index (κ3) is 4.29. The van der Waals surface area contributed by atoms with E-state index in [2.05, 4.69) is 0 Å². The van der Waals surface area contributed by atoms with E-state index in [1.165, 1.54) is 0 Å². The fraction of sp³-hybridized carbons (Fsp3) is 0.889. The Balaban J connectivity index is 2.97. The molecule has 0 amide bonds. The van der Waals surface area contributed by atoms with Crippen LogP contribution in [0.4, 0.5) is 0 Å². The number of carboxylic acid groups (broad SMARTS) is 1. The maximum atomic E-state index is 12.1. The summed E-state index contributed by atoms with van der Waals surface area (Å²) >= 11 is 5.44. The molecule has 0 radical (unpaired) electrons. The topological polar surface area (TPSA) is 112 Å². The van der Waals surface area contributed by atoms with Gasteiger partial charge in [-0.3, -0.25) is 4.79 Å². The van der Waals surface area contributed by atoms with Crippen molar-refractivity contribution in [2.75, 3.05) is 37.5 Å². The van der Waals surface area contributed by atoms with Crippen molar-refractivity contribution in [3.63, 3.8) is 0 Å². The van der Waals surface area contributed by atoms with Crippen LogP contribution in [-0.2, 0) is 24.8 Å². The molecular formula is C9H17ClN2O6S2. The molecule has 0 saturated carbocycles. The summed E-state index contributed by atoms with van der Waals surface area (Å²) in [5.74, 6) is -1.47. The van der Waals surface area contributed by atoms with Gasteiger partial charge in [0.1, 0.15) is 6.04 Å². The first-order chi connectivity index (χ1) is 9.09. The molecule has 1 aliphatic rings. The molecule has 1 N–H and O–H groups in total. The zero-order valence-electron chi connectivity index (χ0n) is 10.9. The molecule has 1 aliphatic heterocycles. The quantitative estimate of drug-likeness (QED) is 0.614. The number of piperazine rings is 1. The third-order valence-electron chi connectivity index (χ3n) is 2.94. The number of rotatable bonds is 6. The summed E-state index contributed by atoms with van der Waals surface area (Å²) in [5.41, 5.74) is 0. The number of sulfonamides is 2. The Bertz CT molecular complexity index is 561. The average molecular weight is 349 g/mol. The molecule has 0 bridgehead atoms. The van der Waals surface area contributed by atoms with Crippen LogP contribution in [-0.4, -0.2) is 80.1 Å². The van der Waals surface area contributed by atoms with E-state index in [-0.39, 0.29) is 37.7 Å². The molecule has 11 heteroatoms. The molecule has 0 spiro atoms. The van der Waals surface area contributed by atoms with Crippen molar-refractivity contribution in [1.82, 2.24) is 8.61 Å². The second kappa shape index (κ2) is 6.56. The summed E-state index contributed by atoms with van der Waals surface area (Å²) in [6.45, 7) is -0.606. The van der Waals surface area contributed by atoms with E-state index in [4.69, 9.17) is 16.7 Å². The van der Waals surface area contributed by atoms with Gasteiger partial charge in [0.15, 0.2) is 0 Å². The monoisotopic (exact) mass is 348 g/mol. The number of aliphatic carboxylic acids is 1. The van der Waals surface area contributed by atoms with Gasteiger partial charge in [-0.15, -0.1) is 11.6 Å². The van der Waals surface area contributed by atoms with Gasteiger partial charge < -0.3 is 5.11 Å². The first kappa shape index (κ1) is 17.6. The standard InChI is InChI=1S/C9H17ClN2O6S2/c1-19(15,16)11-4-5-12(8(7-11)9(13)14)20(17,18)6-2-3-10/h8H,2-7H2,1H3,(H,13,14)/t8-/m0/s1. The number of carboxylic acids is 1. The van der Waals surface area contributed by atoms with Crippen molar-refractivity contribution in [2.45, 2.75) is 12.5 Å². The highest BCUT2D eigenvalue weighted by Crippen LogP contribution is 2.18. The maximum absolute atomic E-state index is 12.1. The van der Waals surface area contributed by atoms with Gasteiger partial charge in [0, 0.05) is 25.5 Å². The number of halogens is 1. The molecule has 1 heterocycles. The van der Waals surface area contributed by atoms with E-state index in [0.29, 0.717) is 0 Å². The van der Waals surface area contributed by atoms with E-state index >= 15 is 0 Å². The van der Waals surface area contributed by atoms with Crippen LogP contribution in [0.3, 0.4) is 0 Å². The first-order valence-electron chi connectivity index (χ1n) is 5.83. The summed E-state index contributed by atoms with van der Waals surface area (Å²) in [6.07, 6.45) is 1.17. The van der Waals surface area contributed by atoms with Crippen molar-refractivity contribution >= 4 is 37.6 Å². The summed E-state index contributed by atoms with van der Waals surface area (Å²) in [6, 6.07) is -1.40. The van der Waals surface area contributed by atoms with Crippen molar-refractivity contribution in [3.8, 4) is 0 Å². The van der Waals surface area contributed by atoms with Crippen LogP contribution in [0.1, 0.15) is 6.42 Å². The lowest BCUT2D eigenvalue weighted by Crippen LogP contribution is -2.59. The largest absolute Gasteiger partial charge is 0.480 e. The van der Waals surface area contributed by atoms with Crippen molar-refractivity contribution in [1.29, 1.82) is 0 Å². The molecule has 1 saturated heterocycles. The number of hydrogen-bond acceptors (Lipinski definition) is 5. The molecule has 0 aromatic heterocycles. The van der Waals surface area contributed by atoms with Gasteiger partial charge in [-0.05, 0) is 6.42 Å². The van der Waals surface area contributed by atoms with E-state index in [1.807, 2.05) is 0 Å². The van der Waals surface area contributed by atoms with Crippen LogP contribution in [0.5, 0.6) is 0 Å². The molecule has 0 aromatic rings. The molecule has 1 rings (SSSR count). The minimum atomic E-state index is -3.76. The Hall–Kier alpha value is -0.420. The zero-order valence-corrected chi connectivity index (χ0v) is 13.3. The van der Waals surface area contributed by atoms with Gasteiger partial charge in [0.05, 0.1) is 12.0 Å². The highest BCUT2D eigenvalue weighted by Gasteiger charge is 2.41. The van der Waals surface area contributed by atoms with Gasteiger partial charge in [-0.1, -0.05) is 0 Å². The highest BCUT2D eigenvalue weighted by molar-refractivity contribution is 7.89. The molecule has 1 atom stereocenters. The van der Waals surface area contributed by atoms with Crippen LogP contribution in [0.2, 0.25) is 0 Å². The third-order valence-corrected chi connectivity index (χ3v) is 6.43. The predicted octanol–water partition coefficient (Wildman–Crippen LogP) is -1.02. The minimum Gasteiger partial charge on any atom is -0.480 e. The number of nitrogens with zero attached hydrogens (tertiary/aromatic N) is 2. The van der Waals surface area contributed by atoms with Crippen LogP contribution < -0.4 is 0 Å². The van der Waals surface area contributed by atoms with Crippen LogP contribution >= 0.6 is 11.6 Å². The minimum absolute atomic E-state index is 0.0529. The molecule has 20 heavy (non-hydrogen) atoms. The van der Waals surface area contributed by atoms with E-state index in [0.717, 1.165) is 14.9 Å². The van der Waals surface area contributed by atoms with Crippen LogP contribution in [0, 0.1) is 0 Å². The molecule has 0 unspecified atom stereocenters. The average Bonchev–Trinajstić information content (AvgIpc) is 2.34. The summed E-state index contributed by atoms with van der Waals surface area (Å²) in [5, 5.41) is 9.13. The Morgan fingerprint density at radius 3 is 2.35 bits per heavy atom. The van der Waals surface area contributed by atoms with Gasteiger partial charge in [0.2, 0.25) is 20.0 Å². The van der Waals surface area contributed by atoms with Crippen LogP contribution in [0.15, 0.2) is 0 Å². The fourth-order valence-corrected chi connectivity index (χ4v) is 4.70. The smallest absolute Gasteiger partial charge is 0.323 e. The van der Waals surface area contributed by atoms with Gasteiger partial charge >= 0.3 is 5.97 Å². The Morgan fingerprint density at radius 2 is 1.90 bits per heavy atom. The SMILES string of the molecule is CS(=O)(=O)N1CCN(S(=O)(=O)CCCCl)[C@H](C(=O)O)C1. The summed E-state index contributed by atoms with van der Waals surface area (Å²) in [4.78, 5) is 11.2. The summed E-state index contributed by atoms with van der Waals surface area (Å²) in [7, 11) is -7.31. The molecular weight excluding hydrogens is 332 g/mol. The van der Waals surface area contributed by atoms with Crippen molar-refractivity contribution in [2.24, 2.45) is 0 Å². The molecule has 118 valence electrons. The fourth-order valence-electron chi connectivity index (χ4n) is 1.93. The van der Waals surface area contributed by atoms with Crippen molar-refractivity contribution < 1.29 is 26.7 Å². The van der Waals surface area contributed by atoms with Crippen LogP contribution in [0.25, 0.3) is 0 Å². The lowest BCUT2D eigenvalue weighted by Gasteiger charge is -2.37.